The number of anilines is 1. The summed E-state index contributed by atoms with van der Waals surface area (Å²) in [6.45, 7) is 17.7. The number of pyridine rings is 2. The quantitative estimate of drug-likeness (QED) is 0.153. The van der Waals surface area contributed by atoms with Gasteiger partial charge in [-0.25, -0.2) is 19.9 Å². The predicted octanol–water partition coefficient (Wildman–Crippen LogP) is 6.55. The largest absolute Gasteiger partial charge is 0.461 e. The summed E-state index contributed by atoms with van der Waals surface area (Å²) in [6, 6.07) is 7.05. The van der Waals surface area contributed by atoms with Crippen LogP contribution in [0.3, 0.4) is 0 Å². The second-order valence-electron chi connectivity index (χ2n) is 11.9. The van der Waals surface area contributed by atoms with Crippen LogP contribution in [0.1, 0.15) is 54.0 Å². The van der Waals surface area contributed by atoms with Gasteiger partial charge in [0.2, 0.25) is 12.0 Å². The Morgan fingerprint density at radius 2 is 1.68 bits per heavy atom. The van der Waals surface area contributed by atoms with E-state index < -0.39 is 20.3 Å². The Morgan fingerprint density at radius 1 is 0.955 bits per heavy atom. The number of hydrogen-bond donors (Lipinski definition) is 1. The van der Waals surface area contributed by atoms with Crippen LogP contribution in [0.15, 0.2) is 49.2 Å². The number of ether oxygens (including phenoxy) is 2. The highest BCUT2D eigenvalue weighted by Gasteiger charge is 2.45. The first kappa shape index (κ1) is 33.4. The molecule has 0 saturated carbocycles. The van der Waals surface area contributed by atoms with Crippen LogP contribution in [-0.2, 0) is 14.0 Å². The summed E-state index contributed by atoms with van der Waals surface area (Å²) in [5.41, 5.74) is 2.74. The third kappa shape index (κ3) is 7.43. The zero-order valence-corrected chi connectivity index (χ0v) is 28.4. The second kappa shape index (κ2) is 14.6. The molecule has 4 aromatic heterocycles. The first-order valence-electron chi connectivity index (χ1n) is 14.9. The predicted molar refractivity (Wildman–Crippen MR) is 174 cm³/mol. The van der Waals surface area contributed by atoms with E-state index in [0.717, 1.165) is 5.56 Å². The van der Waals surface area contributed by atoms with Crippen molar-refractivity contribution in [1.29, 1.82) is 0 Å². The number of halogens is 1. The highest BCUT2D eigenvalue weighted by atomic mass is 35.5. The summed E-state index contributed by atoms with van der Waals surface area (Å²) in [6.07, 6.45) is 4.84. The van der Waals surface area contributed by atoms with E-state index in [-0.39, 0.29) is 18.6 Å². The Bertz CT molecular complexity index is 1530. The highest BCUT2D eigenvalue weighted by Crippen LogP contribution is 2.42. The molecule has 0 aromatic carbocycles. The molecule has 0 fully saturated rings. The van der Waals surface area contributed by atoms with Crippen molar-refractivity contribution >= 4 is 42.7 Å². The lowest BCUT2D eigenvalue weighted by molar-refractivity contribution is -0.127. The molecular formula is C31H42ClN7O4Si. The zero-order valence-electron chi connectivity index (χ0n) is 26.6. The molecule has 1 amide bonds. The fourth-order valence-corrected chi connectivity index (χ4v) is 11.4. The number of fused-ring (bicyclic) bond motifs is 1. The summed E-state index contributed by atoms with van der Waals surface area (Å²) in [5, 5.41) is 8.13. The molecule has 4 aromatic rings. The molecule has 236 valence electrons. The molecule has 0 saturated heterocycles. The minimum absolute atomic E-state index is 0.0481. The fraction of sp³-hybridized carbons (Fsp3) is 0.484. The van der Waals surface area contributed by atoms with Crippen LogP contribution in [0.5, 0.6) is 5.88 Å². The number of carbonyl (C=O) groups is 1. The maximum atomic E-state index is 13.5. The van der Waals surface area contributed by atoms with E-state index in [0.29, 0.717) is 50.9 Å². The van der Waals surface area contributed by atoms with E-state index in [1.165, 1.54) is 11.0 Å². The van der Waals surface area contributed by atoms with Gasteiger partial charge in [0.05, 0.1) is 30.5 Å². The zero-order chi connectivity index (χ0) is 32.0. The maximum absolute atomic E-state index is 13.5. The van der Waals surface area contributed by atoms with Crippen molar-refractivity contribution in [1.82, 2.24) is 29.7 Å². The number of amides is 1. The molecule has 2 unspecified atom stereocenters. The highest BCUT2D eigenvalue weighted by molar-refractivity contribution is 6.77. The number of aryl methyl sites for hydroxylation is 1. The molecule has 0 spiro atoms. The lowest BCUT2D eigenvalue weighted by atomic mass is 10.3. The molecule has 2 atom stereocenters. The normalized spacial score (nSPS) is 13.5. The fourth-order valence-electron chi connectivity index (χ4n) is 5.71. The molecule has 0 aliphatic heterocycles. The lowest BCUT2D eigenvalue weighted by Crippen LogP contribution is -2.49. The average Bonchev–Trinajstić information content (AvgIpc) is 3.41. The standard InChI is InChI=1S/C31H42ClN7O4Si/c1-19(2)44(20(3)4,21(5)6)42-16-23(8)41-17-26(30(40)38-27-12-11-22(7)14-34-27)43-31-24-15-37-39(28(24)35-18-36-31)29-25(32)10-9-13-33-29/h9-15,18-21,23,26H,16-17H2,1-8H3,(H,34,38,40). The van der Waals surface area contributed by atoms with Gasteiger partial charge in [0, 0.05) is 12.4 Å². The van der Waals surface area contributed by atoms with Gasteiger partial charge in [0.1, 0.15) is 17.5 Å². The van der Waals surface area contributed by atoms with Gasteiger partial charge in [-0.15, -0.1) is 0 Å². The topological polar surface area (TPSA) is 126 Å². The van der Waals surface area contributed by atoms with Crippen LogP contribution in [0.25, 0.3) is 16.9 Å². The number of nitrogens with zero attached hydrogens (tertiary/aromatic N) is 6. The van der Waals surface area contributed by atoms with Crippen LogP contribution in [0.2, 0.25) is 21.6 Å². The van der Waals surface area contributed by atoms with Crippen LogP contribution in [-0.4, -0.2) is 69.4 Å². The van der Waals surface area contributed by atoms with Crippen molar-refractivity contribution in [2.24, 2.45) is 0 Å². The Morgan fingerprint density at radius 3 is 2.32 bits per heavy atom. The summed E-state index contributed by atoms with van der Waals surface area (Å²) >= 11 is 6.36. The van der Waals surface area contributed by atoms with E-state index in [1.54, 1.807) is 36.8 Å². The van der Waals surface area contributed by atoms with Gasteiger partial charge in [-0.05, 0) is 54.2 Å². The van der Waals surface area contributed by atoms with E-state index in [4.69, 9.17) is 25.5 Å². The molecule has 13 heteroatoms. The molecule has 0 bridgehead atoms. The molecule has 4 rings (SSSR count). The first-order valence-corrected chi connectivity index (χ1v) is 17.4. The van der Waals surface area contributed by atoms with Gasteiger partial charge in [-0.3, -0.25) is 4.79 Å². The minimum Gasteiger partial charge on any atom is -0.461 e. The molecule has 1 N–H and O–H groups in total. The maximum Gasteiger partial charge on any atom is 0.269 e. The van der Waals surface area contributed by atoms with Gasteiger partial charge in [0.25, 0.3) is 5.91 Å². The lowest BCUT2D eigenvalue weighted by Gasteiger charge is -2.42. The number of nitrogens with one attached hydrogen (secondary N) is 1. The summed E-state index contributed by atoms with van der Waals surface area (Å²) in [4.78, 5) is 30.9. The molecular weight excluding hydrogens is 598 g/mol. The second-order valence-corrected chi connectivity index (χ2v) is 17.7. The Labute approximate surface area is 264 Å². The van der Waals surface area contributed by atoms with Gasteiger partial charge >= 0.3 is 0 Å². The molecule has 4 heterocycles. The number of aromatic nitrogens is 6. The van der Waals surface area contributed by atoms with Gasteiger partial charge < -0.3 is 19.2 Å². The Hall–Kier alpha value is -3.45. The van der Waals surface area contributed by atoms with Crippen molar-refractivity contribution in [2.45, 2.75) is 84.2 Å². The smallest absolute Gasteiger partial charge is 0.269 e. The molecule has 11 nitrogen and oxygen atoms in total. The number of carbonyl (C=O) groups excluding carboxylic acids is 1. The number of hydrogen-bond acceptors (Lipinski definition) is 9. The van der Waals surface area contributed by atoms with Crippen molar-refractivity contribution in [2.75, 3.05) is 18.5 Å². The van der Waals surface area contributed by atoms with Crippen molar-refractivity contribution in [3.05, 3.63) is 59.8 Å². The van der Waals surface area contributed by atoms with E-state index in [9.17, 15) is 4.79 Å². The van der Waals surface area contributed by atoms with E-state index >= 15 is 0 Å². The Kier molecular flexibility index (Phi) is 11.1. The van der Waals surface area contributed by atoms with E-state index in [2.05, 4.69) is 71.9 Å². The van der Waals surface area contributed by atoms with Gasteiger partial charge in [0.15, 0.2) is 19.8 Å². The van der Waals surface area contributed by atoms with Crippen LogP contribution in [0.4, 0.5) is 5.82 Å². The van der Waals surface area contributed by atoms with Crippen molar-refractivity contribution in [3.63, 3.8) is 0 Å². The van der Waals surface area contributed by atoms with E-state index in [1.807, 2.05) is 19.9 Å². The van der Waals surface area contributed by atoms with Crippen molar-refractivity contribution in [3.8, 4) is 11.7 Å². The first-order chi connectivity index (χ1) is 20.9. The Balaban J connectivity index is 1.56. The number of rotatable bonds is 14. The van der Waals surface area contributed by atoms with Gasteiger partial charge in [-0.2, -0.15) is 9.78 Å². The summed E-state index contributed by atoms with van der Waals surface area (Å²) in [7, 11) is -2.08. The van der Waals surface area contributed by atoms with Gasteiger partial charge in [-0.1, -0.05) is 59.2 Å². The SMILES string of the molecule is Cc1ccc(NC(=O)C(COC(C)CO[Si](C(C)C)(C(C)C)C(C)C)Oc2ncnc3c2cnn3-c2ncccc2Cl)nc1. The molecule has 0 aliphatic carbocycles. The minimum atomic E-state index is -2.08. The average molecular weight is 640 g/mol. The third-order valence-corrected chi connectivity index (χ3v) is 14.2. The summed E-state index contributed by atoms with van der Waals surface area (Å²) in [5.74, 6) is 0.549. The molecule has 44 heavy (non-hydrogen) atoms. The van der Waals surface area contributed by atoms with Crippen LogP contribution in [0, 0.1) is 6.92 Å². The third-order valence-electron chi connectivity index (χ3n) is 7.79. The molecule has 0 aliphatic rings. The van der Waals surface area contributed by atoms with Crippen molar-refractivity contribution < 1.29 is 18.7 Å². The summed E-state index contributed by atoms with van der Waals surface area (Å²) < 4.78 is 20.6. The monoisotopic (exact) mass is 639 g/mol. The van der Waals surface area contributed by atoms with Crippen LogP contribution >= 0.6 is 11.6 Å². The van der Waals surface area contributed by atoms with Crippen LogP contribution < -0.4 is 10.1 Å². The molecule has 0 radical (unpaired) electrons.